The summed E-state index contributed by atoms with van der Waals surface area (Å²) in [6.07, 6.45) is -8.80. The summed E-state index contributed by atoms with van der Waals surface area (Å²) in [6, 6.07) is 8.65. The number of hydrogen-bond donors (Lipinski definition) is 2. The molecule has 38 heavy (non-hydrogen) atoms. The van der Waals surface area contributed by atoms with E-state index in [0.717, 1.165) is 11.6 Å². The SMILES string of the molecule is CC(C)c1c[nH]c2ccc(Oc3c(C(F)(F)F)cc(NC(=O)c4cc(Cl)ccc4Cl)cc3C(F)(F)F)cc12. The summed E-state index contributed by atoms with van der Waals surface area (Å²) in [6.45, 7) is 3.78. The molecule has 0 atom stereocenters. The third-order valence-corrected chi connectivity index (χ3v) is 6.22. The number of H-pyrrole nitrogens is 1. The third kappa shape index (κ3) is 5.71. The average Bonchev–Trinajstić information content (AvgIpc) is 3.23. The number of aromatic nitrogens is 1. The largest absolute Gasteiger partial charge is 0.456 e. The second kappa shape index (κ2) is 10.1. The zero-order valence-corrected chi connectivity index (χ0v) is 21.1. The van der Waals surface area contributed by atoms with E-state index < -0.39 is 40.8 Å². The van der Waals surface area contributed by atoms with Crippen LogP contribution < -0.4 is 10.1 Å². The van der Waals surface area contributed by atoms with Gasteiger partial charge in [0.25, 0.3) is 5.91 Å². The monoisotopic (exact) mass is 574 g/mol. The zero-order chi connectivity index (χ0) is 28.0. The molecule has 0 spiro atoms. The molecule has 3 aromatic carbocycles. The minimum absolute atomic E-state index is 0.0337. The molecule has 0 saturated heterocycles. The van der Waals surface area contributed by atoms with Crippen molar-refractivity contribution in [3.05, 3.63) is 87.0 Å². The predicted octanol–water partition coefficient (Wildman–Crippen LogP) is 9.68. The second-order valence-corrected chi connectivity index (χ2v) is 9.53. The normalized spacial score (nSPS) is 12.3. The Hall–Kier alpha value is -3.37. The van der Waals surface area contributed by atoms with Crippen LogP contribution >= 0.6 is 23.2 Å². The third-order valence-electron chi connectivity index (χ3n) is 5.66. The maximum absolute atomic E-state index is 14.0. The molecular formula is C26H18Cl2F6N2O2. The van der Waals surface area contributed by atoms with Gasteiger partial charge in [-0.05, 0) is 60.0 Å². The molecular weight excluding hydrogens is 557 g/mol. The molecule has 0 fully saturated rings. The summed E-state index contributed by atoms with van der Waals surface area (Å²) in [5.41, 5.74) is -2.99. The Balaban J connectivity index is 1.82. The van der Waals surface area contributed by atoms with Crippen LogP contribution in [0.1, 0.15) is 46.8 Å². The lowest BCUT2D eigenvalue weighted by Gasteiger charge is -2.21. The number of ether oxygens (including phenoxy) is 1. The lowest BCUT2D eigenvalue weighted by molar-refractivity contribution is -0.144. The first kappa shape index (κ1) is 27.7. The number of hydrogen-bond acceptors (Lipinski definition) is 2. The van der Waals surface area contributed by atoms with Gasteiger partial charge in [-0.1, -0.05) is 37.0 Å². The van der Waals surface area contributed by atoms with E-state index in [2.05, 4.69) is 4.98 Å². The molecule has 200 valence electrons. The topological polar surface area (TPSA) is 54.1 Å². The Morgan fingerprint density at radius 2 is 1.55 bits per heavy atom. The molecule has 0 radical (unpaired) electrons. The van der Waals surface area contributed by atoms with Crippen molar-refractivity contribution in [2.75, 3.05) is 5.32 Å². The number of fused-ring (bicyclic) bond motifs is 1. The molecule has 0 aliphatic carbocycles. The van der Waals surface area contributed by atoms with E-state index in [1.165, 1.54) is 30.3 Å². The molecule has 4 aromatic rings. The highest BCUT2D eigenvalue weighted by molar-refractivity contribution is 6.36. The van der Waals surface area contributed by atoms with Crippen molar-refractivity contribution in [3.8, 4) is 11.5 Å². The van der Waals surface area contributed by atoms with E-state index in [1.807, 2.05) is 19.2 Å². The summed E-state index contributed by atoms with van der Waals surface area (Å²) in [5, 5.41) is 2.64. The Kier molecular flexibility index (Phi) is 7.33. The van der Waals surface area contributed by atoms with Crippen molar-refractivity contribution in [2.24, 2.45) is 0 Å². The van der Waals surface area contributed by atoms with Gasteiger partial charge < -0.3 is 15.0 Å². The minimum atomic E-state index is -5.26. The maximum atomic E-state index is 14.0. The highest BCUT2D eigenvalue weighted by Crippen LogP contribution is 2.48. The molecule has 1 aromatic heterocycles. The van der Waals surface area contributed by atoms with E-state index in [4.69, 9.17) is 27.9 Å². The number of benzene rings is 3. The van der Waals surface area contributed by atoms with Crippen molar-refractivity contribution >= 4 is 45.7 Å². The van der Waals surface area contributed by atoms with Crippen LogP contribution in [0.25, 0.3) is 10.9 Å². The Morgan fingerprint density at radius 3 is 2.13 bits per heavy atom. The van der Waals surface area contributed by atoms with Crippen LogP contribution in [0.2, 0.25) is 10.0 Å². The van der Waals surface area contributed by atoms with Gasteiger partial charge in [0.15, 0.2) is 5.75 Å². The highest BCUT2D eigenvalue weighted by Gasteiger charge is 2.43. The molecule has 0 unspecified atom stereocenters. The number of aromatic amines is 1. The van der Waals surface area contributed by atoms with E-state index in [9.17, 15) is 31.1 Å². The average molecular weight is 575 g/mol. The maximum Gasteiger partial charge on any atom is 0.420 e. The van der Waals surface area contributed by atoms with Gasteiger partial charge in [0.05, 0.1) is 10.6 Å². The first-order valence-electron chi connectivity index (χ1n) is 11.0. The quantitative estimate of drug-likeness (QED) is 0.233. The van der Waals surface area contributed by atoms with E-state index in [0.29, 0.717) is 23.0 Å². The Bertz CT molecular complexity index is 1490. The first-order chi connectivity index (χ1) is 17.6. The zero-order valence-electron chi connectivity index (χ0n) is 19.6. The van der Waals surface area contributed by atoms with Crippen LogP contribution in [0, 0.1) is 0 Å². The van der Waals surface area contributed by atoms with Gasteiger partial charge in [0.2, 0.25) is 0 Å². The summed E-state index contributed by atoms with van der Waals surface area (Å²) < 4.78 is 89.6. The van der Waals surface area contributed by atoms with Crippen molar-refractivity contribution in [2.45, 2.75) is 32.1 Å². The summed E-state index contributed by atoms with van der Waals surface area (Å²) in [4.78, 5) is 15.6. The summed E-state index contributed by atoms with van der Waals surface area (Å²) in [7, 11) is 0. The highest BCUT2D eigenvalue weighted by atomic mass is 35.5. The van der Waals surface area contributed by atoms with Crippen molar-refractivity contribution < 1.29 is 35.9 Å². The van der Waals surface area contributed by atoms with Crippen LogP contribution in [0.15, 0.2) is 54.7 Å². The summed E-state index contributed by atoms with van der Waals surface area (Å²) in [5.74, 6) is -2.68. The molecule has 1 heterocycles. The fourth-order valence-corrected chi connectivity index (χ4v) is 4.26. The van der Waals surface area contributed by atoms with Gasteiger partial charge in [-0.3, -0.25) is 4.79 Å². The molecule has 0 saturated carbocycles. The minimum Gasteiger partial charge on any atom is -0.456 e. The second-order valence-electron chi connectivity index (χ2n) is 8.68. The van der Waals surface area contributed by atoms with Gasteiger partial charge in [-0.2, -0.15) is 26.3 Å². The predicted molar refractivity (Wildman–Crippen MR) is 133 cm³/mol. The van der Waals surface area contributed by atoms with E-state index in [-0.39, 0.29) is 27.3 Å². The number of carbonyl (C=O) groups excluding carboxylic acids is 1. The lowest BCUT2D eigenvalue weighted by atomic mass is 10.0. The molecule has 0 aliphatic heterocycles. The smallest absolute Gasteiger partial charge is 0.420 e. The number of anilines is 1. The Labute approximate surface area is 222 Å². The number of nitrogens with one attached hydrogen (secondary N) is 2. The fourth-order valence-electron chi connectivity index (χ4n) is 3.88. The molecule has 1 amide bonds. The standard InChI is InChI=1S/C26H18Cl2F6N2O2/c1-12(2)18-11-35-22-6-4-15(10-16(18)22)38-23-19(25(29,30)31)8-14(9-20(23)26(32,33)34)36-24(37)17-7-13(27)3-5-21(17)28/h3-12,35H,1-2H3,(H,36,37). The van der Waals surface area contributed by atoms with Gasteiger partial charge in [-0.15, -0.1) is 0 Å². The molecule has 4 nitrogen and oxygen atoms in total. The Morgan fingerprint density at radius 1 is 0.921 bits per heavy atom. The fraction of sp³-hybridized carbons (Fsp3) is 0.192. The molecule has 12 heteroatoms. The van der Waals surface area contributed by atoms with Crippen LogP contribution in [-0.2, 0) is 12.4 Å². The van der Waals surface area contributed by atoms with E-state index >= 15 is 0 Å². The van der Waals surface area contributed by atoms with Gasteiger partial charge in [0, 0.05) is 27.8 Å². The van der Waals surface area contributed by atoms with E-state index in [1.54, 1.807) is 6.20 Å². The van der Waals surface area contributed by atoms with Crippen molar-refractivity contribution in [1.82, 2.24) is 4.98 Å². The number of carbonyl (C=O) groups is 1. The molecule has 2 N–H and O–H groups in total. The summed E-state index contributed by atoms with van der Waals surface area (Å²) >= 11 is 11.8. The molecule has 4 rings (SSSR count). The number of rotatable bonds is 5. The molecule has 0 bridgehead atoms. The molecule has 0 aliphatic rings. The first-order valence-corrected chi connectivity index (χ1v) is 11.8. The van der Waals surface area contributed by atoms with Crippen LogP contribution in [0.3, 0.4) is 0 Å². The number of alkyl halides is 6. The van der Waals surface area contributed by atoms with Crippen LogP contribution in [0.4, 0.5) is 32.0 Å². The van der Waals surface area contributed by atoms with Crippen molar-refractivity contribution in [1.29, 1.82) is 0 Å². The van der Waals surface area contributed by atoms with Crippen LogP contribution in [0.5, 0.6) is 11.5 Å². The van der Waals surface area contributed by atoms with Crippen molar-refractivity contribution in [3.63, 3.8) is 0 Å². The van der Waals surface area contributed by atoms with Crippen LogP contribution in [-0.4, -0.2) is 10.9 Å². The number of halogens is 8. The van der Waals surface area contributed by atoms with Gasteiger partial charge in [-0.25, -0.2) is 0 Å². The van der Waals surface area contributed by atoms with Gasteiger partial charge >= 0.3 is 12.4 Å². The number of amides is 1. The van der Waals surface area contributed by atoms with Gasteiger partial charge in [0.1, 0.15) is 16.9 Å². The lowest BCUT2D eigenvalue weighted by Crippen LogP contribution is -2.18.